The van der Waals surface area contributed by atoms with Crippen molar-refractivity contribution in [2.75, 3.05) is 56.7 Å². The molecular formula is C30H34N8O4. The van der Waals surface area contributed by atoms with Crippen LogP contribution in [0.1, 0.15) is 28.9 Å². The van der Waals surface area contributed by atoms with Crippen LogP contribution >= 0.6 is 0 Å². The number of H-pyrrole nitrogens is 1. The summed E-state index contributed by atoms with van der Waals surface area (Å²) in [4.78, 5) is 46.9. The first-order chi connectivity index (χ1) is 20.4. The van der Waals surface area contributed by atoms with Crippen LogP contribution in [0.3, 0.4) is 0 Å². The van der Waals surface area contributed by atoms with Gasteiger partial charge in [-0.25, -0.2) is 14.8 Å². The van der Waals surface area contributed by atoms with E-state index < -0.39 is 6.09 Å². The minimum Gasteiger partial charge on any atom is -0.465 e. The molecule has 42 heavy (non-hydrogen) atoms. The van der Waals surface area contributed by atoms with E-state index in [1.165, 1.54) is 4.90 Å². The summed E-state index contributed by atoms with van der Waals surface area (Å²) in [6, 6.07) is 13.4. The van der Waals surface area contributed by atoms with Crippen molar-refractivity contribution in [3.8, 4) is 11.3 Å². The van der Waals surface area contributed by atoms with E-state index in [0.717, 1.165) is 66.1 Å². The van der Waals surface area contributed by atoms with Gasteiger partial charge in [0.05, 0.1) is 18.6 Å². The van der Waals surface area contributed by atoms with Crippen molar-refractivity contribution in [1.29, 1.82) is 0 Å². The summed E-state index contributed by atoms with van der Waals surface area (Å²) in [6.45, 7) is 5.13. The molecule has 0 spiro atoms. The van der Waals surface area contributed by atoms with E-state index >= 15 is 0 Å². The number of pyridine rings is 1. The second-order valence-corrected chi connectivity index (χ2v) is 10.7. The van der Waals surface area contributed by atoms with E-state index in [0.29, 0.717) is 37.7 Å². The highest BCUT2D eigenvalue weighted by atomic mass is 16.5. The normalized spacial score (nSPS) is 17.7. The first-order valence-electron chi connectivity index (χ1n) is 14.2. The minimum atomic E-state index is -0.911. The van der Waals surface area contributed by atoms with Crippen LogP contribution in [0.15, 0.2) is 55.0 Å². The van der Waals surface area contributed by atoms with Gasteiger partial charge >= 0.3 is 6.09 Å². The van der Waals surface area contributed by atoms with Crippen LogP contribution < -0.4 is 10.2 Å². The predicted molar refractivity (Wildman–Crippen MR) is 159 cm³/mol. The molecule has 12 nitrogen and oxygen atoms in total. The lowest BCUT2D eigenvalue weighted by molar-refractivity contribution is 0.0949. The van der Waals surface area contributed by atoms with Crippen LogP contribution in [0.2, 0.25) is 0 Å². The molecule has 2 fully saturated rings. The summed E-state index contributed by atoms with van der Waals surface area (Å²) in [6.07, 6.45) is 4.09. The van der Waals surface area contributed by atoms with Crippen LogP contribution in [0.4, 0.5) is 16.3 Å². The van der Waals surface area contributed by atoms with E-state index in [1.54, 1.807) is 25.6 Å². The number of carbonyl (C=O) groups is 2. The zero-order chi connectivity index (χ0) is 29.1. The summed E-state index contributed by atoms with van der Waals surface area (Å²) in [5.41, 5.74) is 4.62. The number of fused-ring (bicyclic) bond motifs is 1. The lowest BCUT2D eigenvalue weighted by Gasteiger charge is -2.36. The Balaban J connectivity index is 1.11. The summed E-state index contributed by atoms with van der Waals surface area (Å²) >= 11 is 0. The molecule has 2 aliphatic rings. The van der Waals surface area contributed by atoms with Crippen molar-refractivity contribution >= 4 is 34.5 Å². The molecule has 2 amide bonds. The zero-order valence-corrected chi connectivity index (χ0v) is 23.5. The van der Waals surface area contributed by atoms with Gasteiger partial charge in [0, 0.05) is 56.8 Å². The average Bonchev–Trinajstić information content (AvgIpc) is 3.46. The minimum absolute atomic E-state index is 0.0343. The highest BCUT2D eigenvalue weighted by molar-refractivity contribution is 6.03. The summed E-state index contributed by atoms with van der Waals surface area (Å²) in [7, 11) is 1.62. The molecule has 2 aliphatic heterocycles. The molecule has 12 heteroatoms. The largest absolute Gasteiger partial charge is 0.465 e. The van der Waals surface area contributed by atoms with Crippen LogP contribution in [0.5, 0.6) is 0 Å². The van der Waals surface area contributed by atoms with Crippen LogP contribution in [0.25, 0.3) is 22.3 Å². The summed E-state index contributed by atoms with van der Waals surface area (Å²) in [5.74, 6) is 0.611. The van der Waals surface area contributed by atoms with Crippen LogP contribution in [-0.4, -0.2) is 99.3 Å². The van der Waals surface area contributed by atoms with E-state index in [4.69, 9.17) is 4.74 Å². The fourth-order valence-electron chi connectivity index (χ4n) is 5.64. The number of hydrogen-bond donors (Lipinski definition) is 3. The third-order valence-corrected chi connectivity index (χ3v) is 7.96. The van der Waals surface area contributed by atoms with Crippen molar-refractivity contribution < 1.29 is 19.4 Å². The summed E-state index contributed by atoms with van der Waals surface area (Å²) < 4.78 is 5.48. The molecule has 0 bridgehead atoms. The number of amides is 2. The van der Waals surface area contributed by atoms with E-state index in [9.17, 15) is 14.7 Å². The molecular weight excluding hydrogens is 536 g/mol. The average molecular weight is 571 g/mol. The number of aromatic amines is 1. The van der Waals surface area contributed by atoms with Gasteiger partial charge in [-0.2, -0.15) is 0 Å². The van der Waals surface area contributed by atoms with Gasteiger partial charge in [0.15, 0.2) is 0 Å². The van der Waals surface area contributed by atoms with Crippen molar-refractivity contribution in [1.82, 2.24) is 29.7 Å². The number of benzene rings is 1. The molecule has 1 aromatic carbocycles. The number of likely N-dealkylation sites (N-methyl/N-ethyl adjacent to an activating group) is 1. The van der Waals surface area contributed by atoms with Gasteiger partial charge in [0.25, 0.3) is 5.91 Å². The fraction of sp³-hybridized carbons (Fsp3) is 0.367. The molecule has 0 radical (unpaired) electrons. The standard InChI is InChI=1S/C30H34N8O4/c1-36(30(40)41)23-3-2-10-37(18-23)17-20-8-9-31-26(15-20)29(39)34-22-6-4-21(5-7-22)25-16-24-27(35-25)32-19-33-28(24)38-11-13-42-14-12-38/h4-9,15-16,19,23H,2-3,10-14,17-18H2,1H3,(H,34,39)(H,40,41)(H,32,33,35). The predicted octanol–water partition coefficient (Wildman–Crippen LogP) is 3.68. The topological polar surface area (TPSA) is 140 Å². The maximum Gasteiger partial charge on any atom is 0.407 e. The number of nitrogens with one attached hydrogen (secondary N) is 2. The van der Waals surface area contributed by atoms with E-state index in [2.05, 4.69) is 41.1 Å². The van der Waals surface area contributed by atoms with Gasteiger partial charge < -0.3 is 29.9 Å². The van der Waals surface area contributed by atoms with Gasteiger partial charge in [-0.3, -0.25) is 14.7 Å². The van der Waals surface area contributed by atoms with Crippen molar-refractivity contribution in [2.24, 2.45) is 0 Å². The molecule has 5 heterocycles. The number of rotatable bonds is 7. The van der Waals surface area contributed by atoms with Gasteiger partial charge in [0.1, 0.15) is 23.5 Å². The Kier molecular flexibility index (Phi) is 7.97. The van der Waals surface area contributed by atoms with Crippen molar-refractivity contribution in [2.45, 2.75) is 25.4 Å². The zero-order valence-electron chi connectivity index (χ0n) is 23.5. The SMILES string of the molecule is CN(C(=O)O)C1CCCN(Cc2ccnc(C(=O)Nc3ccc(-c4cc5c(N6CCOCC6)ncnc5[nH]4)cc3)c2)C1. The third kappa shape index (κ3) is 6.04. The lowest BCUT2D eigenvalue weighted by Crippen LogP contribution is -2.47. The molecule has 4 aromatic rings. The Bertz CT molecular complexity index is 1570. The number of likely N-dealkylation sites (tertiary alicyclic amines) is 1. The monoisotopic (exact) mass is 570 g/mol. The second kappa shape index (κ2) is 12.1. The number of morpholine rings is 1. The number of hydrogen-bond acceptors (Lipinski definition) is 8. The third-order valence-electron chi connectivity index (χ3n) is 7.96. The molecule has 1 atom stereocenters. The van der Waals surface area contributed by atoms with Crippen LogP contribution in [0, 0.1) is 0 Å². The molecule has 6 rings (SSSR count). The van der Waals surface area contributed by atoms with Crippen LogP contribution in [-0.2, 0) is 11.3 Å². The van der Waals surface area contributed by atoms with Gasteiger partial charge in [-0.15, -0.1) is 0 Å². The Hall–Kier alpha value is -4.55. The number of anilines is 2. The number of carbonyl (C=O) groups excluding carboxylic acids is 1. The van der Waals surface area contributed by atoms with Gasteiger partial charge in [-0.1, -0.05) is 12.1 Å². The fourth-order valence-corrected chi connectivity index (χ4v) is 5.64. The van der Waals surface area contributed by atoms with Gasteiger partial charge in [0.2, 0.25) is 0 Å². The Morgan fingerprint density at radius 3 is 2.69 bits per heavy atom. The lowest BCUT2D eigenvalue weighted by atomic mass is 10.0. The molecule has 0 aliphatic carbocycles. The number of aromatic nitrogens is 4. The highest BCUT2D eigenvalue weighted by Crippen LogP contribution is 2.30. The van der Waals surface area contributed by atoms with Crippen molar-refractivity contribution in [3.05, 3.63) is 66.2 Å². The molecule has 2 saturated heterocycles. The Morgan fingerprint density at radius 2 is 1.90 bits per heavy atom. The highest BCUT2D eigenvalue weighted by Gasteiger charge is 2.26. The molecule has 3 aromatic heterocycles. The van der Waals surface area contributed by atoms with E-state index in [-0.39, 0.29) is 11.9 Å². The summed E-state index contributed by atoms with van der Waals surface area (Å²) in [5, 5.41) is 13.2. The van der Waals surface area contributed by atoms with Crippen molar-refractivity contribution in [3.63, 3.8) is 0 Å². The first kappa shape index (κ1) is 27.6. The molecule has 3 N–H and O–H groups in total. The molecule has 0 saturated carbocycles. The maximum atomic E-state index is 13.0. The Morgan fingerprint density at radius 1 is 1.10 bits per heavy atom. The second-order valence-electron chi connectivity index (χ2n) is 10.7. The number of carboxylic acid groups (broad SMARTS) is 1. The molecule has 1 unspecified atom stereocenters. The quantitative estimate of drug-likeness (QED) is 0.304. The number of ether oxygens (including phenoxy) is 1. The van der Waals surface area contributed by atoms with Gasteiger partial charge in [-0.05, 0) is 60.8 Å². The van der Waals surface area contributed by atoms with E-state index in [1.807, 2.05) is 30.3 Å². The number of nitrogens with zero attached hydrogens (tertiary/aromatic N) is 6. The number of piperidine rings is 1. The first-order valence-corrected chi connectivity index (χ1v) is 14.2. The maximum absolute atomic E-state index is 13.0. The smallest absolute Gasteiger partial charge is 0.407 e. The molecule has 218 valence electrons. The Labute approximate surface area is 243 Å².